The number of esters is 1. The van der Waals surface area contributed by atoms with E-state index in [1.54, 1.807) is 84.2 Å². The van der Waals surface area contributed by atoms with Crippen LogP contribution >= 0.6 is 11.3 Å². The quantitative estimate of drug-likeness (QED) is 0.0991. The number of nitrogens with one attached hydrogen (secondary N) is 2. The molecule has 0 bridgehead atoms. The van der Waals surface area contributed by atoms with Gasteiger partial charge in [-0.05, 0) is 71.1 Å². The summed E-state index contributed by atoms with van der Waals surface area (Å²) in [7, 11) is 1.45. The Morgan fingerprint density at radius 2 is 1.71 bits per heavy atom. The van der Waals surface area contributed by atoms with Crippen molar-refractivity contribution in [2.75, 3.05) is 13.9 Å². The number of thiophene rings is 1. The van der Waals surface area contributed by atoms with E-state index in [0.29, 0.717) is 38.8 Å². The first-order chi connectivity index (χ1) is 20.0. The lowest BCUT2D eigenvalue weighted by atomic mass is 10.1. The summed E-state index contributed by atoms with van der Waals surface area (Å²) >= 11 is 1.27. The Balaban J connectivity index is 1.31. The fraction of sp³-hybridized carbons (Fsp3) is 0.0667. The molecule has 1 aliphatic rings. The summed E-state index contributed by atoms with van der Waals surface area (Å²) in [5, 5.41) is 8.46. The van der Waals surface area contributed by atoms with Crippen molar-refractivity contribution in [2.24, 2.45) is 5.10 Å². The first-order valence-corrected chi connectivity index (χ1v) is 13.1. The summed E-state index contributed by atoms with van der Waals surface area (Å²) < 4.78 is 21.5. The second-order valence-corrected chi connectivity index (χ2v) is 9.41. The smallest absolute Gasteiger partial charge is 0.353 e. The van der Waals surface area contributed by atoms with E-state index in [0.717, 1.165) is 0 Å². The largest absolute Gasteiger partial charge is 0.493 e. The molecule has 41 heavy (non-hydrogen) atoms. The third-order valence-corrected chi connectivity index (χ3v) is 6.58. The van der Waals surface area contributed by atoms with Crippen LogP contribution in [0.15, 0.2) is 95.0 Å². The van der Waals surface area contributed by atoms with E-state index in [9.17, 15) is 14.4 Å². The molecule has 0 fully saturated rings. The molecule has 0 aliphatic carbocycles. The number of fused-ring (bicyclic) bond motifs is 1. The van der Waals surface area contributed by atoms with Gasteiger partial charge in [0.2, 0.25) is 6.79 Å². The van der Waals surface area contributed by atoms with Crippen LogP contribution in [0.4, 0.5) is 0 Å². The number of amides is 2. The predicted molar refractivity (Wildman–Crippen MR) is 152 cm³/mol. The number of hydrazone groups is 1. The topological polar surface area (TPSA) is 125 Å². The molecule has 2 N–H and O–H groups in total. The highest BCUT2D eigenvalue weighted by atomic mass is 32.1. The summed E-state index contributed by atoms with van der Waals surface area (Å²) in [5.41, 5.74) is 3.94. The highest BCUT2D eigenvalue weighted by molar-refractivity contribution is 7.12. The van der Waals surface area contributed by atoms with Crippen LogP contribution in [0.5, 0.6) is 23.0 Å². The van der Waals surface area contributed by atoms with Gasteiger partial charge in [-0.25, -0.2) is 10.2 Å². The number of ether oxygens (including phenoxy) is 4. The standard InChI is InChI=1S/C30H23N3O7S/c1-37-25-16-20(10-12-24(25)40-30(36)27-8-5-13-41-27)17-31-33-29(35)22(32-28(34)21-6-3-2-4-7-21)14-19-9-11-23-26(15-19)39-18-38-23/h2-17H,18H2,1H3,(H,32,34)(H,33,35)/b22-14+,31-17-. The second kappa shape index (κ2) is 12.6. The SMILES string of the molecule is COc1cc(/C=N\NC(=O)/C(=C\c2ccc3c(c2)OCO3)NC(=O)c2ccccc2)ccc1OC(=O)c1cccs1. The Morgan fingerprint density at radius 3 is 2.49 bits per heavy atom. The monoisotopic (exact) mass is 569 g/mol. The van der Waals surface area contributed by atoms with E-state index < -0.39 is 17.8 Å². The van der Waals surface area contributed by atoms with Gasteiger partial charge in [-0.2, -0.15) is 5.10 Å². The number of rotatable bonds is 9. The lowest BCUT2D eigenvalue weighted by Crippen LogP contribution is -2.32. The van der Waals surface area contributed by atoms with Gasteiger partial charge in [-0.3, -0.25) is 9.59 Å². The zero-order valence-electron chi connectivity index (χ0n) is 21.7. The predicted octanol–water partition coefficient (Wildman–Crippen LogP) is 4.63. The highest BCUT2D eigenvalue weighted by Gasteiger charge is 2.17. The van der Waals surface area contributed by atoms with Crippen molar-refractivity contribution < 1.29 is 33.3 Å². The van der Waals surface area contributed by atoms with Gasteiger partial charge in [-0.1, -0.05) is 30.3 Å². The normalized spacial score (nSPS) is 12.2. The van der Waals surface area contributed by atoms with Crippen molar-refractivity contribution in [2.45, 2.75) is 0 Å². The number of nitrogens with zero attached hydrogens (tertiary/aromatic N) is 1. The minimum atomic E-state index is -0.656. The third-order valence-electron chi connectivity index (χ3n) is 5.73. The summed E-state index contributed by atoms with van der Waals surface area (Å²) in [6.07, 6.45) is 2.90. The van der Waals surface area contributed by atoms with E-state index in [1.807, 2.05) is 0 Å². The molecule has 206 valence electrons. The van der Waals surface area contributed by atoms with Crippen LogP contribution in [0.2, 0.25) is 0 Å². The minimum absolute atomic E-state index is 0.0386. The van der Waals surface area contributed by atoms with Crippen molar-refractivity contribution in [1.82, 2.24) is 10.7 Å². The molecular weight excluding hydrogens is 546 g/mol. The summed E-state index contributed by atoms with van der Waals surface area (Å²) in [6, 6.07) is 21.9. The number of methoxy groups -OCH3 is 1. The van der Waals surface area contributed by atoms with Crippen molar-refractivity contribution in [3.63, 3.8) is 0 Å². The first kappa shape index (κ1) is 27.2. The van der Waals surface area contributed by atoms with E-state index >= 15 is 0 Å². The number of benzene rings is 3. The Labute approximate surface area is 238 Å². The summed E-state index contributed by atoms with van der Waals surface area (Å²) in [4.78, 5) is 38.7. The van der Waals surface area contributed by atoms with Crippen LogP contribution in [0.1, 0.15) is 31.2 Å². The zero-order chi connectivity index (χ0) is 28.6. The van der Waals surface area contributed by atoms with Gasteiger partial charge in [0.25, 0.3) is 11.8 Å². The molecule has 5 rings (SSSR count). The fourth-order valence-corrected chi connectivity index (χ4v) is 4.33. The Kier molecular flexibility index (Phi) is 8.36. The third kappa shape index (κ3) is 6.78. The second-order valence-electron chi connectivity index (χ2n) is 8.47. The van der Waals surface area contributed by atoms with Crippen molar-refractivity contribution in [1.29, 1.82) is 0 Å². The van der Waals surface area contributed by atoms with Gasteiger partial charge in [0.15, 0.2) is 23.0 Å². The van der Waals surface area contributed by atoms with Crippen LogP contribution in [-0.2, 0) is 4.79 Å². The maximum atomic E-state index is 13.1. The Morgan fingerprint density at radius 1 is 0.902 bits per heavy atom. The summed E-state index contributed by atoms with van der Waals surface area (Å²) in [6.45, 7) is 0.109. The maximum absolute atomic E-state index is 13.1. The summed E-state index contributed by atoms with van der Waals surface area (Å²) in [5.74, 6) is 0.0589. The molecule has 4 aromatic rings. The van der Waals surface area contributed by atoms with Gasteiger partial charge in [0.1, 0.15) is 10.6 Å². The van der Waals surface area contributed by atoms with E-state index in [4.69, 9.17) is 18.9 Å². The van der Waals surface area contributed by atoms with E-state index in [2.05, 4.69) is 15.8 Å². The van der Waals surface area contributed by atoms with Gasteiger partial charge in [0.05, 0.1) is 13.3 Å². The Bertz CT molecular complexity index is 1630. The number of carbonyl (C=O) groups is 3. The van der Waals surface area contributed by atoms with Crippen molar-refractivity contribution in [3.05, 3.63) is 112 Å². The maximum Gasteiger partial charge on any atom is 0.353 e. The van der Waals surface area contributed by atoms with Crippen LogP contribution in [0, 0.1) is 0 Å². The van der Waals surface area contributed by atoms with Gasteiger partial charge in [0, 0.05) is 5.56 Å². The van der Waals surface area contributed by atoms with Gasteiger partial charge < -0.3 is 24.3 Å². The molecule has 1 aliphatic heterocycles. The van der Waals surface area contributed by atoms with Crippen LogP contribution < -0.4 is 29.7 Å². The van der Waals surface area contributed by atoms with Crippen molar-refractivity contribution >= 4 is 41.4 Å². The molecule has 0 saturated heterocycles. The van der Waals surface area contributed by atoms with Crippen LogP contribution in [-0.4, -0.2) is 37.9 Å². The molecule has 0 spiro atoms. The molecule has 10 nitrogen and oxygen atoms in total. The molecule has 3 aromatic carbocycles. The average molecular weight is 570 g/mol. The number of hydrogen-bond donors (Lipinski definition) is 2. The lowest BCUT2D eigenvalue weighted by molar-refractivity contribution is -0.117. The fourth-order valence-electron chi connectivity index (χ4n) is 3.73. The Hall–Kier alpha value is -5.42. The molecular formula is C30H23N3O7S. The number of hydrogen-bond acceptors (Lipinski definition) is 9. The molecule has 0 unspecified atom stereocenters. The van der Waals surface area contributed by atoms with E-state index in [1.165, 1.54) is 30.7 Å². The molecule has 0 saturated carbocycles. The molecule has 0 atom stereocenters. The minimum Gasteiger partial charge on any atom is -0.493 e. The van der Waals surface area contributed by atoms with E-state index in [-0.39, 0.29) is 18.2 Å². The van der Waals surface area contributed by atoms with Crippen LogP contribution in [0.3, 0.4) is 0 Å². The van der Waals surface area contributed by atoms with Gasteiger partial charge in [-0.15, -0.1) is 11.3 Å². The lowest BCUT2D eigenvalue weighted by Gasteiger charge is -2.10. The molecule has 11 heteroatoms. The highest BCUT2D eigenvalue weighted by Crippen LogP contribution is 2.33. The van der Waals surface area contributed by atoms with Gasteiger partial charge >= 0.3 is 5.97 Å². The molecule has 2 heterocycles. The molecule has 1 aromatic heterocycles. The average Bonchev–Trinajstić information content (AvgIpc) is 3.70. The first-order valence-electron chi connectivity index (χ1n) is 12.2. The van der Waals surface area contributed by atoms with Crippen molar-refractivity contribution in [3.8, 4) is 23.0 Å². The van der Waals surface area contributed by atoms with Crippen LogP contribution in [0.25, 0.3) is 6.08 Å². The zero-order valence-corrected chi connectivity index (χ0v) is 22.5. The molecule has 2 amide bonds. The molecule has 0 radical (unpaired) electrons. The number of carbonyl (C=O) groups excluding carboxylic acids is 3.